The molecule has 0 bridgehead atoms. The number of guanidine groups is 1. The Balaban J connectivity index is 2.29. The second-order valence-corrected chi connectivity index (χ2v) is 6.88. The van der Waals surface area contributed by atoms with Crippen LogP contribution in [0.3, 0.4) is 0 Å². The van der Waals surface area contributed by atoms with E-state index in [-0.39, 0.29) is 11.9 Å². The maximum Gasteiger partial charge on any atom is 0.280 e. The van der Waals surface area contributed by atoms with Crippen LogP contribution in [0.1, 0.15) is 47.2 Å². The van der Waals surface area contributed by atoms with Crippen LogP contribution in [0.2, 0.25) is 0 Å². The highest BCUT2D eigenvalue weighted by molar-refractivity contribution is 7.98. The van der Waals surface area contributed by atoms with Crippen LogP contribution in [0.4, 0.5) is 0 Å². The molecule has 0 spiro atoms. The molecule has 1 aromatic carbocycles. The fraction of sp³-hybridized carbons (Fsp3) is 0.471. The van der Waals surface area contributed by atoms with Crippen molar-refractivity contribution < 1.29 is 9.59 Å². The zero-order chi connectivity index (χ0) is 17.9. The van der Waals surface area contributed by atoms with Crippen LogP contribution in [0.25, 0.3) is 0 Å². The van der Waals surface area contributed by atoms with E-state index in [4.69, 9.17) is 11.5 Å². The quantitative estimate of drug-likeness (QED) is 0.493. The van der Waals surface area contributed by atoms with Gasteiger partial charge in [-0.2, -0.15) is 4.99 Å². The lowest BCUT2D eigenvalue weighted by molar-refractivity contribution is -0.129. The summed E-state index contributed by atoms with van der Waals surface area (Å²) in [6, 6.07) is 3.94. The van der Waals surface area contributed by atoms with Crippen molar-refractivity contribution in [2.75, 3.05) is 19.3 Å². The first kappa shape index (κ1) is 18.3. The van der Waals surface area contributed by atoms with Crippen molar-refractivity contribution in [3.63, 3.8) is 0 Å². The highest BCUT2D eigenvalue weighted by Gasteiger charge is 2.25. The molecular weight excluding hydrogens is 324 g/mol. The van der Waals surface area contributed by atoms with Crippen molar-refractivity contribution in [3.05, 3.63) is 28.8 Å². The fourth-order valence-electron chi connectivity index (χ4n) is 3.12. The van der Waals surface area contributed by atoms with Gasteiger partial charge in [-0.15, -0.1) is 11.8 Å². The van der Waals surface area contributed by atoms with Crippen LogP contribution in [0, 0.1) is 6.92 Å². The number of hydrogen-bond acceptors (Lipinski definition) is 3. The van der Waals surface area contributed by atoms with Crippen molar-refractivity contribution >= 4 is 29.5 Å². The zero-order valence-electron chi connectivity index (χ0n) is 14.3. The summed E-state index contributed by atoms with van der Waals surface area (Å²) in [5.41, 5.74) is 13.2. The topological polar surface area (TPSA) is 102 Å². The molecule has 0 atom stereocenters. The summed E-state index contributed by atoms with van der Waals surface area (Å²) in [5.74, 6) is -0.117. The molecule has 24 heavy (non-hydrogen) atoms. The molecule has 1 saturated heterocycles. The SMILES string of the molecule is CSc1cc(C(=O)N=C(N)N)c(C)cc1C1CCN(C(C)=O)CC1. The smallest absolute Gasteiger partial charge is 0.280 e. The first-order valence-electron chi connectivity index (χ1n) is 7.91. The molecule has 1 aliphatic heterocycles. The predicted octanol–water partition coefficient (Wildman–Crippen LogP) is 1.86. The van der Waals surface area contributed by atoms with Gasteiger partial charge in [0.15, 0.2) is 5.96 Å². The van der Waals surface area contributed by atoms with Crippen molar-refractivity contribution in [3.8, 4) is 0 Å². The van der Waals surface area contributed by atoms with Crippen LogP contribution in [-0.4, -0.2) is 42.0 Å². The monoisotopic (exact) mass is 348 g/mol. The Morgan fingerprint density at radius 1 is 1.25 bits per heavy atom. The maximum absolute atomic E-state index is 12.1. The van der Waals surface area contributed by atoms with Gasteiger partial charge in [0.1, 0.15) is 0 Å². The molecule has 0 unspecified atom stereocenters. The van der Waals surface area contributed by atoms with Crippen LogP contribution < -0.4 is 11.5 Å². The van der Waals surface area contributed by atoms with E-state index < -0.39 is 5.91 Å². The Morgan fingerprint density at radius 3 is 2.38 bits per heavy atom. The zero-order valence-corrected chi connectivity index (χ0v) is 15.2. The standard InChI is InChI=1S/C17H24N4O2S/c1-10-8-14(12-4-6-21(7-5-12)11(2)22)15(24-3)9-13(10)16(23)20-17(18)19/h8-9,12H,4-7H2,1-3H3,(H4,18,19,20,23). The third-order valence-corrected chi connectivity index (χ3v) is 5.21. The Kier molecular flexibility index (Phi) is 5.88. The second-order valence-electron chi connectivity index (χ2n) is 6.03. The number of amides is 2. The highest BCUT2D eigenvalue weighted by atomic mass is 32.2. The van der Waals surface area contributed by atoms with E-state index in [9.17, 15) is 9.59 Å². The summed E-state index contributed by atoms with van der Waals surface area (Å²) in [6.45, 7) is 5.07. The van der Waals surface area contributed by atoms with E-state index in [2.05, 4.69) is 11.1 Å². The summed E-state index contributed by atoms with van der Waals surface area (Å²) >= 11 is 1.61. The molecule has 1 aliphatic rings. The number of carbonyl (C=O) groups is 2. The molecule has 1 aromatic rings. The molecule has 6 nitrogen and oxygen atoms in total. The first-order valence-corrected chi connectivity index (χ1v) is 9.14. The van der Waals surface area contributed by atoms with Crippen molar-refractivity contribution in [2.45, 2.75) is 37.5 Å². The molecule has 2 rings (SSSR count). The number of carbonyl (C=O) groups excluding carboxylic acids is 2. The molecule has 2 amide bonds. The average molecular weight is 348 g/mol. The molecule has 1 fully saturated rings. The minimum absolute atomic E-state index is 0.132. The number of piperidine rings is 1. The normalized spacial score (nSPS) is 15.2. The van der Waals surface area contributed by atoms with Crippen LogP contribution in [-0.2, 0) is 4.79 Å². The Bertz CT molecular complexity index is 675. The molecule has 0 aromatic heterocycles. The molecule has 1 heterocycles. The first-order chi connectivity index (χ1) is 11.3. The van der Waals surface area contributed by atoms with Gasteiger partial charge >= 0.3 is 0 Å². The number of thioether (sulfide) groups is 1. The van der Waals surface area contributed by atoms with E-state index >= 15 is 0 Å². The third-order valence-electron chi connectivity index (χ3n) is 4.42. The molecular formula is C17H24N4O2S. The maximum atomic E-state index is 12.1. The molecule has 0 radical (unpaired) electrons. The van der Waals surface area contributed by atoms with Gasteiger partial charge in [-0.05, 0) is 49.1 Å². The third kappa shape index (κ3) is 4.08. The van der Waals surface area contributed by atoms with Crippen molar-refractivity contribution in [2.24, 2.45) is 16.5 Å². The summed E-state index contributed by atoms with van der Waals surface area (Å²) in [7, 11) is 0. The number of benzene rings is 1. The van der Waals surface area contributed by atoms with E-state index in [0.717, 1.165) is 36.4 Å². The Hall–Kier alpha value is -2.02. The fourth-order valence-corrected chi connectivity index (χ4v) is 3.82. The number of rotatable bonds is 3. The number of nitrogens with two attached hydrogens (primary N) is 2. The van der Waals surface area contributed by atoms with Crippen molar-refractivity contribution in [1.29, 1.82) is 0 Å². The number of likely N-dealkylation sites (tertiary alicyclic amines) is 1. The molecule has 130 valence electrons. The lowest BCUT2D eigenvalue weighted by Gasteiger charge is -2.32. The summed E-state index contributed by atoms with van der Waals surface area (Å²) in [6.07, 6.45) is 3.87. The number of aliphatic imine (C=N–C) groups is 1. The largest absolute Gasteiger partial charge is 0.370 e. The minimum Gasteiger partial charge on any atom is -0.370 e. The van der Waals surface area contributed by atoms with Gasteiger partial charge in [0, 0.05) is 30.5 Å². The second kappa shape index (κ2) is 7.70. The van der Waals surface area contributed by atoms with E-state index in [1.807, 2.05) is 24.1 Å². The lowest BCUT2D eigenvalue weighted by Crippen LogP contribution is -2.36. The molecule has 0 saturated carbocycles. The van der Waals surface area contributed by atoms with E-state index in [1.54, 1.807) is 18.7 Å². The van der Waals surface area contributed by atoms with Gasteiger partial charge in [0.2, 0.25) is 5.91 Å². The Labute approximate surface area is 146 Å². The van der Waals surface area contributed by atoms with E-state index in [0.29, 0.717) is 11.5 Å². The van der Waals surface area contributed by atoms with Gasteiger partial charge in [0.05, 0.1) is 0 Å². The molecule has 0 aliphatic carbocycles. The average Bonchev–Trinajstić information content (AvgIpc) is 2.53. The minimum atomic E-state index is -0.416. The van der Waals surface area contributed by atoms with Gasteiger partial charge in [-0.3, -0.25) is 9.59 Å². The Morgan fingerprint density at radius 2 is 1.88 bits per heavy atom. The number of nitrogens with zero attached hydrogens (tertiary/aromatic N) is 2. The van der Waals surface area contributed by atoms with Gasteiger partial charge in [0.25, 0.3) is 5.91 Å². The van der Waals surface area contributed by atoms with Gasteiger partial charge in [-0.1, -0.05) is 6.07 Å². The lowest BCUT2D eigenvalue weighted by atomic mass is 9.87. The number of hydrogen-bond donors (Lipinski definition) is 2. The summed E-state index contributed by atoms with van der Waals surface area (Å²) in [4.78, 5) is 30.2. The van der Waals surface area contributed by atoms with Gasteiger partial charge < -0.3 is 16.4 Å². The van der Waals surface area contributed by atoms with E-state index in [1.165, 1.54) is 5.56 Å². The molecule has 4 N–H and O–H groups in total. The summed E-state index contributed by atoms with van der Waals surface area (Å²) in [5, 5.41) is 0. The van der Waals surface area contributed by atoms with Crippen LogP contribution in [0.5, 0.6) is 0 Å². The van der Waals surface area contributed by atoms with Crippen molar-refractivity contribution in [1.82, 2.24) is 4.90 Å². The number of aryl methyl sites for hydroxylation is 1. The van der Waals surface area contributed by atoms with Crippen LogP contribution >= 0.6 is 11.8 Å². The predicted molar refractivity (Wildman–Crippen MR) is 97.3 cm³/mol. The van der Waals surface area contributed by atoms with Crippen LogP contribution in [0.15, 0.2) is 22.0 Å². The van der Waals surface area contributed by atoms with Gasteiger partial charge in [-0.25, -0.2) is 0 Å². The molecule has 7 heteroatoms. The highest BCUT2D eigenvalue weighted by Crippen LogP contribution is 2.36. The summed E-state index contributed by atoms with van der Waals surface area (Å²) < 4.78 is 0.